The Morgan fingerprint density at radius 2 is 2.22 bits per heavy atom. The first-order chi connectivity index (χ1) is 8.58. The smallest absolute Gasteiger partial charge is 0.334 e. The number of nitrogens with zero attached hydrogens (tertiary/aromatic N) is 2. The molecule has 2 heterocycles. The van der Waals surface area contributed by atoms with Crippen molar-refractivity contribution in [1.82, 2.24) is 14.7 Å². The summed E-state index contributed by atoms with van der Waals surface area (Å²) in [5, 5.41) is 19.8. The minimum absolute atomic E-state index is 0.166. The Morgan fingerprint density at radius 1 is 1.44 bits per heavy atom. The number of aliphatic carboxylic acids is 1. The number of carbonyl (C=O) groups is 2. The molecule has 0 spiro atoms. The van der Waals surface area contributed by atoms with E-state index in [1.807, 2.05) is 0 Å². The molecule has 2 rings (SSSR count). The Bertz CT molecular complexity index is 560. The zero-order valence-electron chi connectivity index (χ0n) is 9.28. The summed E-state index contributed by atoms with van der Waals surface area (Å²) in [5.41, 5.74) is 0.778. The second-order valence-corrected chi connectivity index (χ2v) is 3.66. The van der Waals surface area contributed by atoms with E-state index in [9.17, 15) is 9.59 Å². The number of aromatic nitrogens is 2. The molecule has 18 heavy (non-hydrogen) atoms. The summed E-state index contributed by atoms with van der Waals surface area (Å²) < 4.78 is 1.67. The maximum atomic E-state index is 11.7. The fraction of sp³-hybridized carbons (Fsp3) is 0.182. The van der Waals surface area contributed by atoms with E-state index in [1.54, 1.807) is 28.8 Å². The van der Waals surface area contributed by atoms with E-state index in [1.165, 1.54) is 6.20 Å². The number of amides is 1. The standard InChI is InChI=1S/C11H11N3O4/c15-8(11(17)18)5-12-10(16)7-6-14-4-2-1-3-9(14)13-7/h1-4,6,8,15H,5H2,(H,12,16)(H,17,18)/t8-/m0/s1. The number of rotatable bonds is 4. The highest BCUT2D eigenvalue weighted by Crippen LogP contribution is 2.04. The number of carboxylic acid groups (broad SMARTS) is 1. The fourth-order valence-corrected chi connectivity index (χ4v) is 1.41. The number of hydrogen-bond acceptors (Lipinski definition) is 4. The molecule has 1 amide bonds. The summed E-state index contributed by atoms with van der Waals surface area (Å²) in [4.78, 5) is 26.1. The first-order valence-electron chi connectivity index (χ1n) is 5.21. The zero-order chi connectivity index (χ0) is 13.1. The van der Waals surface area contributed by atoms with E-state index in [0.29, 0.717) is 5.65 Å². The van der Waals surface area contributed by atoms with Gasteiger partial charge in [-0.3, -0.25) is 4.79 Å². The highest BCUT2D eigenvalue weighted by molar-refractivity contribution is 5.93. The average molecular weight is 249 g/mol. The lowest BCUT2D eigenvalue weighted by atomic mass is 10.3. The molecule has 0 aliphatic heterocycles. The van der Waals surface area contributed by atoms with Crippen molar-refractivity contribution >= 4 is 17.5 Å². The van der Waals surface area contributed by atoms with Crippen LogP contribution in [0.3, 0.4) is 0 Å². The Balaban J connectivity index is 2.07. The van der Waals surface area contributed by atoms with Crippen LogP contribution in [0.15, 0.2) is 30.6 Å². The van der Waals surface area contributed by atoms with Gasteiger partial charge in [0.1, 0.15) is 11.3 Å². The SMILES string of the molecule is O=C(NC[C@H](O)C(=O)O)c1cn2ccccc2n1. The summed E-state index contributed by atoms with van der Waals surface area (Å²) in [5.74, 6) is -1.91. The van der Waals surface area contributed by atoms with E-state index in [0.717, 1.165) is 0 Å². The van der Waals surface area contributed by atoms with E-state index in [2.05, 4.69) is 10.3 Å². The van der Waals surface area contributed by atoms with E-state index >= 15 is 0 Å². The minimum atomic E-state index is -1.62. The lowest BCUT2D eigenvalue weighted by Crippen LogP contribution is -2.36. The highest BCUT2D eigenvalue weighted by atomic mass is 16.4. The number of carbonyl (C=O) groups excluding carboxylic acids is 1. The minimum Gasteiger partial charge on any atom is -0.479 e. The van der Waals surface area contributed by atoms with Gasteiger partial charge < -0.3 is 19.9 Å². The maximum absolute atomic E-state index is 11.7. The number of aliphatic hydroxyl groups excluding tert-OH is 1. The van der Waals surface area contributed by atoms with Gasteiger partial charge in [-0.2, -0.15) is 0 Å². The van der Waals surface area contributed by atoms with Crippen LogP contribution in [0, 0.1) is 0 Å². The Morgan fingerprint density at radius 3 is 2.89 bits per heavy atom. The quantitative estimate of drug-likeness (QED) is 0.678. The van der Waals surface area contributed by atoms with Crippen LogP contribution in [-0.4, -0.2) is 44.1 Å². The average Bonchev–Trinajstić information content (AvgIpc) is 2.79. The van der Waals surface area contributed by atoms with Crippen molar-refractivity contribution in [3.63, 3.8) is 0 Å². The van der Waals surface area contributed by atoms with Crippen molar-refractivity contribution in [1.29, 1.82) is 0 Å². The fourth-order valence-electron chi connectivity index (χ4n) is 1.41. The zero-order valence-corrected chi connectivity index (χ0v) is 9.28. The van der Waals surface area contributed by atoms with Gasteiger partial charge in [-0.05, 0) is 12.1 Å². The summed E-state index contributed by atoms with van der Waals surface area (Å²) in [6.07, 6.45) is 1.65. The summed E-state index contributed by atoms with van der Waals surface area (Å²) in [6.45, 7) is -0.359. The molecule has 0 aliphatic carbocycles. The third kappa shape index (κ3) is 2.46. The van der Waals surface area contributed by atoms with Gasteiger partial charge in [0.2, 0.25) is 0 Å². The van der Waals surface area contributed by atoms with Gasteiger partial charge in [0, 0.05) is 12.4 Å². The molecule has 0 fully saturated rings. The molecular weight excluding hydrogens is 238 g/mol. The molecule has 2 aromatic heterocycles. The van der Waals surface area contributed by atoms with Crippen LogP contribution in [0.2, 0.25) is 0 Å². The molecule has 1 atom stereocenters. The molecule has 0 saturated carbocycles. The molecule has 0 saturated heterocycles. The molecule has 94 valence electrons. The Hall–Kier alpha value is -2.41. The third-order valence-corrected chi connectivity index (χ3v) is 2.34. The molecule has 2 aromatic rings. The van der Waals surface area contributed by atoms with Crippen LogP contribution in [0.1, 0.15) is 10.5 Å². The number of fused-ring (bicyclic) bond motifs is 1. The van der Waals surface area contributed by atoms with Crippen LogP contribution in [0.4, 0.5) is 0 Å². The molecule has 7 heteroatoms. The molecule has 0 unspecified atom stereocenters. The molecule has 0 radical (unpaired) electrons. The van der Waals surface area contributed by atoms with Gasteiger partial charge >= 0.3 is 5.97 Å². The van der Waals surface area contributed by atoms with Crippen LogP contribution in [0.5, 0.6) is 0 Å². The number of pyridine rings is 1. The lowest BCUT2D eigenvalue weighted by molar-refractivity contribution is -0.146. The van der Waals surface area contributed by atoms with E-state index < -0.39 is 18.0 Å². The van der Waals surface area contributed by atoms with Crippen LogP contribution in [0.25, 0.3) is 5.65 Å². The number of nitrogens with one attached hydrogen (secondary N) is 1. The summed E-state index contributed by atoms with van der Waals surface area (Å²) >= 11 is 0. The number of imidazole rings is 1. The predicted molar refractivity (Wildman–Crippen MR) is 61.2 cm³/mol. The number of carboxylic acids is 1. The first-order valence-corrected chi connectivity index (χ1v) is 5.21. The highest BCUT2D eigenvalue weighted by Gasteiger charge is 2.16. The number of aliphatic hydroxyl groups is 1. The molecule has 0 aliphatic rings. The van der Waals surface area contributed by atoms with Gasteiger partial charge in [-0.25, -0.2) is 9.78 Å². The van der Waals surface area contributed by atoms with E-state index in [-0.39, 0.29) is 12.2 Å². The van der Waals surface area contributed by atoms with Gasteiger partial charge in [-0.1, -0.05) is 6.07 Å². The largest absolute Gasteiger partial charge is 0.479 e. The summed E-state index contributed by atoms with van der Waals surface area (Å²) in [6, 6.07) is 5.33. The summed E-state index contributed by atoms with van der Waals surface area (Å²) in [7, 11) is 0. The van der Waals surface area contributed by atoms with E-state index in [4.69, 9.17) is 10.2 Å². The van der Waals surface area contributed by atoms with Crippen molar-refractivity contribution < 1.29 is 19.8 Å². The van der Waals surface area contributed by atoms with Gasteiger partial charge in [0.15, 0.2) is 6.10 Å². The third-order valence-electron chi connectivity index (χ3n) is 2.34. The Labute approximate surface area is 102 Å². The predicted octanol–water partition coefficient (Wildman–Crippen LogP) is -0.490. The van der Waals surface area contributed by atoms with Crippen LogP contribution < -0.4 is 5.32 Å². The molecule has 0 bridgehead atoms. The number of hydrogen-bond donors (Lipinski definition) is 3. The second-order valence-electron chi connectivity index (χ2n) is 3.66. The molecule has 3 N–H and O–H groups in total. The first kappa shape index (κ1) is 12.1. The van der Waals surface area contributed by atoms with Crippen LogP contribution in [-0.2, 0) is 4.79 Å². The maximum Gasteiger partial charge on any atom is 0.334 e. The normalized spacial score (nSPS) is 12.3. The van der Waals surface area contributed by atoms with Crippen LogP contribution >= 0.6 is 0 Å². The van der Waals surface area contributed by atoms with Crippen molar-refractivity contribution in [2.24, 2.45) is 0 Å². The monoisotopic (exact) mass is 249 g/mol. The van der Waals surface area contributed by atoms with Crippen molar-refractivity contribution in [2.75, 3.05) is 6.54 Å². The van der Waals surface area contributed by atoms with Crippen molar-refractivity contribution in [3.8, 4) is 0 Å². The molecular formula is C11H11N3O4. The second kappa shape index (κ2) is 4.84. The lowest BCUT2D eigenvalue weighted by Gasteiger charge is -2.05. The molecule has 7 nitrogen and oxygen atoms in total. The van der Waals surface area contributed by atoms with Crippen molar-refractivity contribution in [2.45, 2.75) is 6.10 Å². The van der Waals surface area contributed by atoms with Crippen molar-refractivity contribution in [3.05, 3.63) is 36.3 Å². The van der Waals surface area contributed by atoms with Gasteiger partial charge in [-0.15, -0.1) is 0 Å². The van der Waals surface area contributed by atoms with Gasteiger partial charge in [0.05, 0.1) is 6.54 Å². The topological polar surface area (TPSA) is 104 Å². The molecule has 0 aromatic carbocycles. The Kier molecular flexibility index (Phi) is 3.24. The van der Waals surface area contributed by atoms with Gasteiger partial charge in [0.25, 0.3) is 5.91 Å².